The zero-order valence-corrected chi connectivity index (χ0v) is 9.70. The second-order valence-corrected chi connectivity index (χ2v) is 4.60. The molecule has 0 aliphatic carbocycles. The minimum atomic E-state index is -1.14. The van der Waals surface area contributed by atoms with Crippen LogP contribution in [0, 0.1) is 0 Å². The monoisotopic (exact) mass is 257 g/mol. The van der Waals surface area contributed by atoms with E-state index in [1.165, 1.54) is 0 Å². The quantitative estimate of drug-likeness (QED) is 0.514. The molecule has 0 bridgehead atoms. The minimum absolute atomic E-state index is 0.117. The van der Waals surface area contributed by atoms with Crippen molar-refractivity contribution >= 4 is 17.9 Å². The molecule has 0 saturated carbocycles. The molecule has 3 amide bonds. The Labute approximate surface area is 103 Å². The van der Waals surface area contributed by atoms with Crippen LogP contribution in [0.4, 0.5) is 4.79 Å². The van der Waals surface area contributed by atoms with Gasteiger partial charge in [-0.3, -0.25) is 14.5 Å². The fourth-order valence-electron chi connectivity index (χ4n) is 2.74. The maximum atomic E-state index is 12.1. The third-order valence-corrected chi connectivity index (χ3v) is 3.69. The van der Waals surface area contributed by atoms with Gasteiger partial charge in [0, 0.05) is 6.54 Å². The van der Waals surface area contributed by atoms with Crippen molar-refractivity contribution in [2.45, 2.75) is 24.4 Å². The van der Waals surface area contributed by atoms with Gasteiger partial charge in [-0.2, -0.15) is 0 Å². The standard InChI is InChI=1S/C10H15N3O5/c11-7(15)6(4-14)12-5-10(8(12)16)2-1-3-13(10)9(17)18/h6,14H,1-5H2,(H2,11,15)(H,17,18)/t6-,10?/m0/s1. The van der Waals surface area contributed by atoms with Crippen LogP contribution >= 0.6 is 0 Å². The highest BCUT2D eigenvalue weighted by atomic mass is 16.4. The minimum Gasteiger partial charge on any atom is -0.465 e. The number of nitrogens with two attached hydrogens (primary N) is 1. The molecular formula is C10H15N3O5. The first-order valence-electron chi connectivity index (χ1n) is 5.66. The summed E-state index contributed by atoms with van der Waals surface area (Å²) < 4.78 is 0. The summed E-state index contributed by atoms with van der Waals surface area (Å²) in [6.45, 7) is -0.119. The van der Waals surface area contributed by atoms with Crippen LogP contribution in [-0.2, 0) is 9.59 Å². The van der Waals surface area contributed by atoms with E-state index < -0.39 is 36.1 Å². The summed E-state index contributed by atoms with van der Waals surface area (Å²) in [5, 5.41) is 18.1. The van der Waals surface area contributed by atoms with E-state index in [0.717, 1.165) is 9.80 Å². The molecule has 0 aromatic carbocycles. The van der Waals surface area contributed by atoms with Crippen LogP contribution in [0.15, 0.2) is 0 Å². The second kappa shape index (κ2) is 4.13. The number of rotatable bonds is 3. The van der Waals surface area contributed by atoms with Gasteiger partial charge in [-0.05, 0) is 12.8 Å². The summed E-state index contributed by atoms with van der Waals surface area (Å²) in [5.41, 5.74) is 4.03. The van der Waals surface area contributed by atoms with E-state index in [0.29, 0.717) is 19.4 Å². The number of amides is 3. The van der Waals surface area contributed by atoms with Crippen LogP contribution in [0.5, 0.6) is 0 Å². The number of aliphatic hydroxyl groups is 1. The van der Waals surface area contributed by atoms with Crippen molar-refractivity contribution in [3.8, 4) is 0 Å². The predicted molar refractivity (Wildman–Crippen MR) is 58.5 cm³/mol. The Morgan fingerprint density at radius 1 is 1.50 bits per heavy atom. The number of hydrogen-bond acceptors (Lipinski definition) is 4. The third-order valence-electron chi connectivity index (χ3n) is 3.69. The lowest BCUT2D eigenvalue weighted by atomic mass is 9.84. The highest BCUT2D eigenvalue weighted by molar-refractivity contribution is 5.99. The molecule has 0 aromatic rings. The topological polar surface area (TPSA) is 124 Å². The number of carbonyl (C=O) groups excluding carboxylic acids is 2. The Balaban J connectivity index is 2.16. The van der Waals surface area contributed by atoms with Crippen LogP contribution in [0.3, 0.4) is 0 Å². The highest BCUT2D eigenvalue weighted by Crippen LogP contribution is 2.39. The molecule has 100 valence electrons. The number of hydrogen-bond donors (Lipinski definition) is 3. The maximum Gasteiger partial charge on any atom is 0.408 e. The molecule has 2 atom stereocenters. The summed E-state index contributed by atoms with van der Waals surface area (Å²) in [5.74, 6) is -1.24. The number of carbonyl (C=O) groups is 3. The molecule has 18 heavy (non-hydrogen) atoms. The van der Waals surface area contributed by atoms with E-state index in [-0.39, 0.29) is 6.54 Å². The van der Waals surface area contributed by atoms with Crippen LogP contribution in [-0.4, -0.2) is 69.2 Å². The normalized spacial score (nSPS) is 28.4. The Bertz CT molecular complexity index is 412. The van der Waals surface area contributed by atoms with Crippen molar-refractivity contribution in [2.75, 3.05) is 19.7 Å². The average molecular weight is 257 g/mol. The molecule has 8 nitrogen and oxygen atoms in total. The molecule has 2 rings (SSSR count). The molecule has 2 heterocycles. The molecule has 2 saturated heterocycles. The lowest BCUT2D eigenvalue weighted by molar-refractivity contribution is -0.167. The molecule has 0 radical (unpaired) electrons. The zero-order valence-electron chi connectivity index (χ0n) is 9.70. The summed E-state index contributed by atoms with van der Waals surface area (Å²) >= 11 is 0. The van der Waals surface area contributed by atoms with Crippen molar-refractivity contribution in [3.63, 3.8) is 0 Å². The number of primary amides is 1. The van der Waals surface area contributed by atoms with Gasteiger partial charge < -0.3 is 20.8 Å². The second-order valence-electron chi connectivity index (χ2n) is 4.60. The van der Waals surface area contributed by atoms with E-state index in [4.69, 9.17) is 15.9 Å². The van der Waals surface area contributed by atoms with Gasteiger partial charge in [-0.1, -0.05) is 0 Å². The van der Waals surface area contributed by atoms with E-state index in [1.807, 2.05) is 0 Å². The van der Waals surface area contributed by atoms with Crippen molar-refractivity contribution in [1.29, 1.82) is 0 Å². The number of aliphatic hydroxyl groups excluding tert-OH is 1. The molecule has 2 aliphatic heterocycles. The molecular weight excluding hydrogens is 242 g/mol. The summed E-state index contributed by atoms with van der Waals surface area (Å²) in [6, 6.07) is -1.07. The Morgan fingerprint density at radius 3 is 2.61 bits per heavy atom. The fraction of sp³-hybridized carbons (Fsp3) is 0.700. The summed E-state index contributed by atoms with van der Waals surface area (Å²) in [7, 11) is 0. The smallest absolute Gasteiger partial charge is 0.408 e. The Morgan fingerprint density at radius 2 is 2.17 bits per heavy atom. The number of carboxylic acid groups (broad SMARTS) is 1. The molecule has 2 aliphatic rings. The molecule has 1 unspecified atom stereocenters. The van der Waals surface area contributed by atoms with Gasteiger partial charge in [0.25, 0.3) is 5.91 Å². The number of β-lactam (4-membered cyclic amide) rings is 1. The first-order valence-corrected chi connectivity index (χ1v) is 5.66. The first kappa shape index (κ1) is 12.6. The van der Waals surface area contributed by atoms with Gasteiger partial charge in [0.2, 0.25) is 5.91 Å². The van der Waals surface area contributed by atoms with Crippen LogP contribution < -0.4 is 5.73 Å². The Hall–Kier alpha value is -1.83. The van der Waals surface area contributed by atoms with Crippen molar-refractivity contribution < 1.29 is 24.6 Å². The van der Waals surface area contributed by atoms with Crippen LogP contribution in [0.1, 0.15) is 12.8 Å². The maximum absolute atomic E-state index is 12.1. The summed E-state index contributed by atoms with van der Waals surface area (Å²) in [6.07, 6.45) is -0.0715. The van der Waals surface area contributed by atoms with E-state index >= 15 is 0 Å². The van der Waals surface area contributed by atoms with Crippen molar-refractivity contribution in [2.24, 2.45) is 5.73 Å². The van der Waals surface area contributed by atoms with Gasteiger partial charge in [0.1, 0.15) is 11.6 Å². The molecule has 8 heteroatoms. The van der Waals surface area contributed by atoms with Gasteiger partial charge in [-0.15, -0.1) is 0 Å². The van der Waals surface area contributed by atoms with E-state index in [9.17, 15) is 14.4 Å². The molecule has 0 aromatic heterocycles. The van der Waals surface area contributed by atoms with E-state index in [2.05, 4.69) is 0 Å². The SMILES string of the molecule is NC(=O)[C@H](CO)N1CC2(CCCN2C(=O)O)C1=O. The van der Waals surface area contributed by atoms with Crippen LogP contribution in [0.2, 0.25) is 0 Å². The Kier molecular flexibility index (Phi) is 2.89. The first-order chi connectivity index (χ1) is 8.44. The lowest BCUT2D eigenvalue weighted by Gasteiger charge is -2.52. The predicted octanol–water partition coefficient (Wildman–Crippen LogP) is -1.81. The molecule has 4 N–H and O–H groups in total. The van der Waals surface area contributed by atoms with Crippen molar-refractivity contribution in [1.82, 2.24) is 9.80 Å². The molecule has 1 spiro atoms. The van der Waals surface area contributed by atoms with Crippen LogP contribution in [0.25, 0.3) is 0 Å². The van der Waals surface area contributed by atoms with Gasteiger partial charge >= 0.3 is 6.09 Å². The third kappa shape index (κ3) is 1.52. The largest absolute Gasteiger partial charge is 0.465 e. The zero-order chi connectivity index (χ0) is 13.5. The molecule has 2 fully saturated rings. The number of likely N-dealkylation sites (tertiary alicyclic amines) is 2. The summed E-state index contributed by atoms with van der Waals surface area (Å²) in [4.78, 5) is 36.5. The van der Waals surface area contributed by atoms with Gasteiger partial charge in [-0.25, -0.2) is 4.79 Å². The average Bonchev–Trinajstić information content (AvgIpc) is 2.75. The van der Waals surface area contributed by atoms with Gasteiger partial charge in [0.15, 0.2) is 0 Å². The highest BCUT2D eigenvalue weighted by Gasteiger charge is 2.61. The fourth-order valence-corrected chi connectivity index (χ4v) is 2.74. The van der Waals surface area contributed by atoms with E-state index in [1.54, 1.807) is 0 Å². The van der Waals surface area contributed by atoms with Gasteiger partial charge in [0.05, 0.1) is 13.2 Å². The van der Waals surface area contributed by atoms with Crippen molar-refractivity contribution in [3.05, 3.63) is 0 Å². The number of nitrogens with zero attached hydrogens (tertiary/aromatic N) is 2. The lowest BCUT2D eigenvalue weighted by Crippen LogP contribution is -2.76.